The van der Waals surface area contributed by atoms with E-state index in [2.05, 4.69) is 49.2 Å². The lowest BCUT2D eigenvalue weighted by Gasteiger charge is -2.41. The minimum absolute atomic E-state index is 0.00827. The van der Waals surface area contributed by atoms with Crippen molar-refractivity contribution in [1.29, 1.82) is 0 Å². The van der Waals surface area contributed by atoms with E-state index in [4.69, 9.17) is 4.74 Å². The third-order valence-electron chi connectivity index (χ3n) is 4.74. The van der Waals surface area contributed by atoms with Gasteiger partial charge in [-0.05, 0) is 63.8 Å². The molecule has 3 rings (SSSR count). The van der Waals surface area contributed by atoms with Gasteiger partial charge < -0.3 is 15.0 Å². The molecule has 0 aliphatic carbocycles. The fourth-order valence-corrected chi connectivity index (χ4v) is 3.24. The second-order valence-electron chi connectivity index (χ2n) is 6.68. The molecule has 2 aliphatic rings. The molecule has 0 spiro atoms. The average Bonchev–Trinajstić information content (AvgIpc) is 2.86. The summed E-state index contributed by atoms with van der Waals surface area (Å²) in [4.78, 5) is 2.54. The summed E-state index contributed by atoms with van der Waals surface area (Å²) in [6.45, 7) is 10.1. The molecule has 1 N–H and O–H groups in total. The van der Waals surface area contributed by atoms with Gasteiger partial charge in [0, 0.05) is 31.4 Å². The summed E-state index contributed by atoms with van der Waals surface area (Å²) in [6.07, 6.45) is 3.34. The van der Waals surface area contributed by atoms with Crippen LogP contribution in [0.25, 0.3) is 0 Å². The first-order valence-corrected chi connectivity index (χ1v) is 7.86. The van der Waals surface area contributed by atoms with Gasteiger partial charge in [-0.25, -0.2) is 0 Å². The Kier molecular flexibility index (Phi) is 3.63. The second kappa shape index (κ2) is 5.28. The van der Waals surface area contributed by atoms with Gasteiger partial charge >= 0.3 is 0 Å². The molecule has 1 saturated heterocycles. The Labute approximate surface area is 122 Å². The molecule has 110 valence electrons. The molecule has 0 unspecified atom stereocenters. The van der Waals surface area contributed by atoms with Crippen LogP contribution in [0.5, 0.6) is 5.75 Å². The van der Waals surface area contributed by atoms with E-state index in [0.717, 1.165) is 44.6 Å². The number of hydrogen-bond acceptors (Lipinski definition) is 3. The summed E-state index contributed by atoms with van der Waals surface area (Å²) < 4.78 is 6.34. The van der Waals surface area contributed by atoms with E-state index in [9.17, 15) is 0 Å². The van der Waals surface area contributed by atoms with Crippen molar-refractivity contribution >= 4 is 5.69 Å². The molecule has 0 aromatic heterocycles. The van der Waals surface area contributed by atoms with Crippen LogP contribution in [0.3, 0.4) is 0 Å². The molecule has 3 nitrogen and oxygen atoms in total. The Morgan fingerprint density at radius 1 is 1.25 bits per heavy atom. The Morgan fingerprint density at radius 3 is 2.70 bits per heavy atom. The molecule has 1 aromatic rings. The summed E-state index contributed by atoms with van der Waals surface area (Å²) in [5.41, 5.74) is 2.66. The smallest absolute Gasteiger partial charge is 0.120 e. The van der Waals surface area contributed by atoms with Gasteiger partial charge in [-0.3, -0.25) is 0 Å². The van der Waals surface area contributed by atoms with Crippen LogP contribution >= 0.6 is 0 Å². The van der Waals surface area contributed by atoms with Gasteiger partial charge in [0.05, 0.1) is 0 Å². The summed E-state index contributed by atoms with van der Waals surface area (Å²) >= 11 is 0. The van der Waals surface area contributed by atoms with E-state index in [1.165, 1.54) is 11.3 Å². The van der Waals surface area contributed by atoms with Crippen LogP contribution in [0.4, 0.5) is 5.69 Å². The quantitative estimate of drug-likeness (QED) is 0.915. The number of fused-ring (bicyclic) bond motifs is 1. The SMILES string of the molecule is CC(C)N1CCC(C)(Oc2ccc3c(c2)CCN3)CC1. The standard InChI is InChI=1S/C17H26N2O/c1-13(2)19-10-7-17(3,8-11-19)20-15-4-5-16-14(12-15)6-9-18-16/h4-5,12-13,18H,6-11H2,1-3H3. The number of hydrogen-bond donors (Lipinski definition) is 1. The summed E-state index contributed by atoms with van der Waals surface area (Å²) in [5, 5.41) is 3.40. The van der Waals surface area contributed by atoms with Gasteiger partial charge in [-0.1, -0.05) is 0 Å². The number of likely N-dealkylation sites (tertiary alicyclic amines) is 1. The Balaban J connectivity index is 1.65. The van der Waals surface area contributed by atoms with Crippen molar-refractivity contribution in [1.82, 2.24) is 4.90 Å². The van der Waals surface area contributed by atoms with Gasteiger partial charge in [0.1, 0.15) is 11.4 Å². The molecule has 0 atom stereocenters. The van der Waals surface area contributed by atoms with E-state index in [1.807, 2.05) is 0 Å². The molecule has 3 heteroatoms. The van der Waals surface area contributed by atoms with E-state index in [1.54, 1.807) is 0 Å². The number of anilines is 1. The first-order valence-electron chi connectivity index (χ1n) is 7.86. The Morgan fingerprint density at radius 2 is 2.00 bits per heavy atom. The first kappa shape index (κ1) is 13.7. The Hall–Kier alpha value is -1.22. The van der Waals surface area contributed by atoms with Crippen molar-refractivity contribution in [2.45, 2.75) is 51.7 Å². The van der Waals surface area contributed by atoms with Crippen LogP contribution in [0.2, 0.25) is 0 Å². The monoisotopic (exact) mass is 274 g/mol. The van der Waals surface area contributed by atoms with Gasteiger partial charge in [0.25, 0.3) is 0 Å². The largest absolute Gasteiger partial charge is 0.487 e. The maximum absolute atomic E-state index is 6.34. The summed E-state index contributed by atoms with van der Waals surface area (Å²) in [5.74, 6) is 1.04. The van der Waals surface area contributed by atoms with Crippen molar-refractivity contribution in [3.8, 4) is 5.75 Å². The third-order valence-corrected chi connectivity index (χ3v) is 4.74. The number of rotatable bonds is 3. The molecule has 0 bridgehead atoms. The molecule has 0 amide bonds. The highest BCUT2D eigenvalue weighted by molar-refractivity contribution is 5.57. The molecular formula is C17H26N2O. The highest BCUT2D eigenvalue weighted by Gasteiger charge is 2.32. The average molecular weight is 274 g/mol. The lowest BCUT2D eigenvalue weighted by molar-refractivity contribution is 0.00797. The summed E-state index contributed by atoms with van der Waals surface area (Å²) in [7, 11) is 0. The lowest BCUT2D eigenvalue weighted by atomic mass is 9.92. The van der Waals surface area contributed by atoms with Gasteiger partial charge in [-0.2, -0.15) is 0 Å². The van der Waals surface area contributed by atoms with Crippen molar-refractivity contribution in [3.05, 3.63) is 23.8 Å². The van der Waals surface area contributed by atoms with E-state index in [-0.39, 0.29) is 5.60 Å². The van der Waals surface area contributed by atoms with E-state index in [0.29, 0.717) is 6.04 Å². The third kappa shape index (κ3) is 2.78. The zero-order valence-corrected chi connectivity index (χ0v) is 12.9. The van der Waals surface area contributed by atoms with Crippen LogP contribution in [0.15, 0.2) is 18.2 Å². The molecule has 20 heavy (non-hydrogen) atoms. The maximum Gasteiger partial charge on any atom is 0.120 e. The predicted molar refractivity (Wildman–Crippen MR) is 83.6 cm³/mol. The van der Waals surface area contributed by atoms with Crippen LogP contribution in [0, 0.1) is 0 Å². The number of nitrogens with zero attached hydrogens (tertiary/aromatic N) is 1. The van der Waals surface area contributed by atoms with Crippen LogP contribution in [-0.4, -0.2) is 36.2 Å². The minimum Gasteiger partial charge on any atom is -0.487 e. The molecule has 2 aliphatic heterocycles. The predicted octanol–water partition coefficient (Wildman–Crippen LogP) is 3.30. The molecular weight excluding hydrogens is 248 g/mol. The van der Waals surface area contributed by atoms with Crippen molar-refractivity contribution in [2.24, 2.45) is 0 Å². The molecule has 2 heterocycles. The molecule has 0 saturated carbocycles. The maximum atomic E-state index is 6.34. The highest BCUT2D eigenvalue weighted by atomic mass is 16.5. The van der Waals surface area contributed by atoms with Crippen molar-refractivity contribution < 1.29 is 4.74 Å². The van der Waals surface area contributed by atoms with Crippen LogP contribution < -0.4 is 10.1 Å². The zero-order chi connectivity index (χ0) is 14.2. The number of ether oxygens (including phenoxy) is 1. The van der Waals surface area contributed by atoms with E-state index < -0.39 is 0 Å². The lowest BCUT2D eigenvalue weighted by Crippen LogP contribution is -2.48. The Bertz CT molecular complexity index is 476. The zero-order valence-electron chi connectivity index (χ0n) is 12.9. The fourth-order valence-electron chi connectivity index (χ4n) is 3.24. The molecule has 0 radical (unpaired) electrons. The van der Waals surface area contributed by atoms with Gasteiger partial charge in [0.15, 0.2) is 0 Å². The van der Waals surface area contributed by atoms with Crippen molar-refractivity contribution in [3.63, 3.8) is 0 Å². The second-order valence-corrected chi connectivity index (χ2v) is 6.68. The van der Waals surface area contributed by atoms with Crippen LogP contribution in [-0.2, 0) is 6.42 Å². The number of piperidine rings is 1. The number of benzene rings is 1. The minimum atomic E-state index is -0.00827. The van der Waals surface area contributed by atoms with Gasteiger partial charge in [0.2, 0.25) is 0 Å². The summed E-state index contributed by atoms with van der Waals surface area (Å²) in [6, 6.07) is 7.13. The van der Waals surface area contributed by atoms with Crippen molar-refractivity contribution in [2.75, 3.05) is 25.0 Å². The van der Waals surface area contributed by atoms with Gasteiger partial charge in [-0.15, -0.1) is 0 Å². The highest BCUT2D eigenvalue weighted by Crippen LogP contribution is 2.32. The number of nitrogens with one attached hydrogen (secondary N) is 1. The van der Waals surface area contributed by atoms with E-state index >= 15 is 0 Å². The normalized spacial score (nSPS) is 21.6. The van der Waals surface area contributed by atoms with Crippen LogP contribution in [0.1, 0.15) is 39.2 Å². The fraction of sp³-hybridized carbons (Fsp3) is 0.647. The molecule has 1 fully saturated rings. The first-order chi connectivity index (χ1) is 9.56. The topological polar surface area (TPSA) is 24.5 Å². The molecule has 1 aromatic carbocycles.